The molecule has 1 saturated carbocycles. The molecule has 1 fully saturated rings. The molecule has 0 atom stereocenters. The normalized spacial score (nSPS) is 18.1. The van der Waals surface area contributed by atoms with Crippen molar-refractivity contribution < 1.29 is 9.90 Å². The Morgan fingerprint density at radius 3 is 2.65 bits per heavy atom. The van der Waals surface area contributed by atoms with Crippen molar-refractivity contribution in [2.75, 3.05) is 5.73 Å². The molecule has 0 aliphatic heterocycles. The maximum absolute atomic E-state index is 11.5. The summed E-state index contributed by atoms with van der Waals surface area (Å²) in [6.07, 6.45) is 6.52. The lowest BCUT2D eigenvalue weighted by Gasteiger charge is -2.25. The van der Waals surface area contributed by atoms with Crippen molar-refractivity contribution in [3.8, 4) is 22.5 Å². The molecule has 1 aliphatic rings. The highest BCUT2D eigenvalue weighted by molar-refractivity contribution is 5.99. The van der Waals surface area contributed by atoms with E-state index in [2.05, 4.69) is 72.3 Å². The van der Waals surface area contributed by atoms with Gasteiger partial charge in [-0.2, -0.15) is 0 Å². The van der Waals surface area contributed by atoms with Gasteiger partial charge < -0.3 is 15.8 Å². The fraction of sp³-hybridized carbons (Fsp3) is 0.300. The molecule has 188 valence electrons. The SMILES string of the molecule is CC(C)c1cccc(-c2cccc3cc(-c4nc(C5CCC(C(=O)O)CC5)n5ccnc(N)c45)[nH]c23)c1. The number of nitrogen functional groups attached to an aromatic ring is 1. The number of nitrogens with two attached hydrogens (primary N) is 1. The summed E-state index contributed by atoms with van der Waals surface area (Å²) in [5.41, 5.74) is 13.5. The molecule has 1 aliphatic carbocycles. The van der Waals surface area contributed by atoms with E-state index in [0.29, 0.717) is 24.6 Å². The van der Waals surface area contributed by atoms with Crippen molar-refractivity contribution in [3.63, 3.8) is 0 Å². The van der Waals surface area contributed by atoms with Gasteiger partial charge in [0, 0.05) is 29.3 Å². The molecule has 0 bridgehead atoms. The Morgan fingerprint density at radius 1 is 1.11 bits per heavy atom. The van der Waals surface area contributed by atoms with Crippen LogP contribution >= 0.6 is 0 Å². The van der Waals surface area contributed by atoms with Crippen LogP contribution in [-0.4, -0.2) is 30.4 Å². The highest BCUT2D eigenvalue weighted by Gasteiger charge is 2.30. The van der Waals surface area contributed by atoms with Crippen LogP contribution in [0.3, 0.4) is 0 Å². The predicted octanol–water partition coefficient (Wildman–Crippen LogP) is 6.61. The van der Waals surface area contributed by atoms with Gasteiger partial charge in [0.05, 0.1) is 17.1 Å². The van der Waals surface area contributed by atoms with Crippen LogP contribution in [0.2, 0.25) is 0 Å². The number of para-hydroxylation sites is 1. The van der Waals surface area contributed by atoms with Gasteiger partial charge in [0.25, 0.3) is 0 Å². The Bertz CT molecular complexity index is 1620. The van der Waals surface area contributed by atoms with E-state index >= 15 is 0 Å². The second-order valence-electron chi connectivity index (χ2n) is 10.5. The molecule has 0 saturated heterocycles. The number of aliphatic carboxylic acids is 1. The minimum atomic E-state index is -0.701. The number of fused-ring (bicyclic) bond motifs is 2. The third kappa shape index (κ3) is 4.04. The fourth-order valence-corrected chi connectivity index (χ4v) is 5.75. The lowest BCUT2D eigenvalue weighted by molar-refractivity contribution is -0.142. The number of nitrogens with one attached hydrogen (secondary N) is 1. The molecule has 3 heterocycles. The van der Waals surface area contributed by atoms with E-state index in [1.165, 1.54) is 11.1 Å². The lowest BCUT2D eigenvalue weighted by Crippen LogP contribution is -2.21. The van der Waals surface area contributed by atoms with Crippen LogP contribution in [0.5, 0.6) is 0 Å². The monoisotopic (exact) mass is 493 g/mol. The van der Waals surface area contributed by atoms with Crippen LogP contribution in [0.15, 0.2) is 60.9 Å². The quantitative estimate of drug-likeness (QED) is 0.255. The summed E-state index contributed by atoms with van der Waals surface area (Å²) < 4.78 is 2.04. The molecule has 0 unspecified atom stereocenters. The summed E-state index contributed by atoms with van der Waals surface area (Å²) in [6, 6.07) is 17.2. The van der Waals surface area contributed by atoms with Crippen molar-refractivity contribution in [2.45, 2.75) is 51.4 Å². The number of benzene rings is 2. The van der Waals surface area contributed by atoms with Crippen molar-refractivity contribution in [2.24, 2.45) is 5.92 Å². The second kappa shape index (κ2) is 9.07. The molecular weight excluding hydrogens is 462 g/mol. The van der Waals surface area contributed by atoms with E-state index in [1.807, 2.05) is 10.6 Å². The number of carboxylic acid groups (broad SMARTS) is 1. The third-order valence-electron chi connectivity index (χ3n) is 7.83. The van der Waals surface area contributed by atoms with Gasteiger partial charge in [0.2, 0.25) is 0 Å². The minimum Gasteiger partial charge on any atom is -0.481 e. The molecule has 7 nitrogen and oxygen atoms in total. The number of H-pyrrole nitrogens is 1. The Balaban J connectivity index is 1.46. The van der Waals surface area contributed by atoms with E-state index in [0.717, 1.165) is 52.0 Å². The number of carboxylic acids is 1. The van der Waals surface area contributed by atoms with E-state index < -0.39 is 5.97 Å². The zero-order valence-corrected chi connectivity index (χ0v) is 21.1. The van der Waals surface area contributed by atoms with Crippen LogP contribution in [-0.2, 0) is 4.79 Å². The van der Waals surface area contributed by atoms with Crippen molar-refractivity contribution in [3.05, 3.63) is 72.3 Å². The van der Waals surface area contributed by atoms with Crippen LogP contribution < -0.4 is 5.73 Å². The van der Waals surface area contributed by atoms with Gasteiger partial charge in [-0.15, -0.1) is 0 Å². The third-order valence-corrected chi connectivity index (χ3v) is 7.83. The largest absolute Gasteiger partial charge is 0.481 e. The predicted molar refractivity (Wildman–Crippen MR) is 147 cm³/mol. The maximum atomic E-state index is 11.5. The molecule has 6 rings (SSSR count). The van der Waals surface area contributed by atoms with Crippen LogP contribution in [0, 0.1) is 5.92 Å². The molecular formula is C30H31N5O2. The Kier molecular flexibility index (Phi) is 5.71. The first-order valence-corrected chi connectivity index (χ1v) is 13.0. The number of hydrogen-bond donors (Lipinski definition) is 3. The number of aromatic amines is 1. The Labute approximate surface area is 215 Å². The summed E-state index contributed by atoms with van der Waals surface area (Å²) in [4.78, 5) is 24.6. The van der Waals surface area contributed by atoms with Gasteiger partial charge in [0.1, 0.15) is 22.9 Å². The highest BCUT2D eigenvalue weighted by atomic mass is 16.4. The van der Waals surface area contributed by atoms with Gasteiger partial charge in [-0.25, -0.2) is 9.97 Å². The smallest absolute Gasteiger partial charge is 0.306 e. The molecule has 2 aromatic carbocycles. The maximum Gasteiger partial charge on any atom is 0.306 e. The zero-order chi connectivity index (χ0) is 25.7. The highest BCUT2D eigenvalue weighted by Crippen LogP contribution is 2.40. The number of carbonyl (C=O) groups is 1. The summed E-state index contributed by atoms with van der Waals surface area (Å²) in [5.74, 6) is 1.01. The summed E-state index contributed by atoms with van der Waals surface area (Å²) in [5, 5.41) is 10.5. The molecule has 0 spiro atoms. The topological polar surface area (TPSA) is 109 Å². The first-order valence-electron chi connectivity index (χ1n) is 13.0. The Hall–Kier alpha value is -4.13. The van der Waals surface area contributed by atoms with Crippen LogP contribution in [0.25, 0.3) is 38.9 Å². The number of aromatic nitrogens is 4. The average Bonchev–Trinajstić information content (AvgIpc) is 3.51. The molecule has 3 aromatic heterocycles. The van der Waals surface area contributed by atoms with E-state index in [9.17, 15) is 9.90 Å². The number of imidazole rings is 1. The summed E-state index contributed by atoms with van der Waals surface area (Å²) >= 11 is 0. The van der Waals surface area contributed by atoms with Gasteiger partial charge in [-0.05, 0) is 48.8 Å². The number of nitrogens with zero attached hydrogens (tertiary/aromatic N) is 3. The van der Waals surface area contributed by atoms with Crippen molar-refractivity contribution >= 4 is 28.2 Å². The fourth-order valence-electron chi connectivity index (χ4n) is 5.75. The van der Waals surface area contributed by atoms with Gasteiger partial charge >= 0.3 is 5.97 Å². The van der Waals surface area contributed by atoms with Gasteiger partial charge in [-0.1, -0.05) is 56.3 Å². The van der Waals surface area contributed by atoms with Crippen LogP contribution in [0.4, 0.5) is 5.82 Å². The summed E-state index contributed by atoms with van der Waals surface area (Å²) in [6.45, 7) is 4.42. The molecule has 0 radical (unpaired) electrons. The van der Waals surface area contributed by atoms with Gasteiger partial charge in [-0.3, -0.25) is 9.20 Å². The summed E-state index contributed by atoms with van der Waals surface area (Å²) in [7, 11) is 0. The van der Waals surface area contributed by atoms with E-state index in [4.69, 9.17) is 10.7 Å². The number of rotatable bonds is 5. The average molecular weight is 494 g/mol. The number of anilines is 1. The minimum absolute atomic E-state index is 0.178. The van der Waals surface area contributed by atoms with Crippen molar-refractivity contribution in [1.29, 1.82) is 0 Å². The molecule has 0 amide bonds. The van der Waals surface area contributed by atoms with Crippen LogP contribution in [0.1, 0.15) is 62.8 Å². The first kappa shape index (κ1) is 23.3. The molecule has 4 N–H and O–H groups in total. The van der Waals surface area contributed by atoms with Crippen molar-refractivity contribution in [1.82, 2.24) is 19.4 Å². The molecule has 37 heavy (non-hydrogen) atoms. The molecule has 7 heteroatoms. The Morgan fingerprint density at radius 2 is 1.89 bits per heavy atom. The van der Waals surface area contributed by atoms with E-state index in [1.54, 1.807) is 6.20 Å². The zero-order valence-electron chi connectivity index (χ0n) is 21.1. The standard InChI is InChI=1S/C30H31N5O2/c1-17(2)20-5-3-6-21(15-20)23-8-4-7-22-16-24(33-25(22)23)26-27-28(31)32-13-14-35(27)29(34-26)18-9-11-19(12-10-18)30(36)37/h3-8,13-19,33H,9-12H2,1-2H3,(H2,31,32)(H,36,37). The lowest BCUT2D eigenvalue weighted by atomic mass is 9.81. The van der Waals surface area contributed by atoms with E-state index in [-0.39, 0.29) is 11.8 Å². The first-order chi connectivity index (χ1) is 17.9. The van der Waals surface area contributed by atoms with Gasteiger partial charge in [0.15, 0.2) is 0 Å². The number of hydrogen-bond acceptors (Lipinski definition) is 4. The second-order valence-corrected chi connectivity index (χ2v) is 10.5. The molecule has 5 aromatic rings.